The molecule has 8 heterocycles. The van der Waals surface area contributed by atoms with Crippen LogP contribution in [0.1, 0.15) is 22.5 Å². The van der Waals surface area contributed by atoms with Crippen LogP contribution in [0.3, 0.4) is 0 Å². The Labute approximate surface area is 431 Å². The third-order valence-electron chi connectivity index (χ3n) is 8.99. The molecule has 0 bridgehead atoms. The fraction of sp³-hybridized carbons (Fsp3) is 0.167. The van der Waals surface area contributed by atoms with Crippen molar-refractivity contribution in [3.05, 3.63) is 206 Å². The maximum absolute atomic E-state index is 10.7. The van der Waals surface area contributed by atoms with E-state index < -0.39 is 15.6 Å². The molecule has 8 aromatic heterocycles. The predicted molar refractivity (Wildman–Crippen MR) is 261 cm³/mol. The Morgan fingerprint density at radius 2 is 0.689 bits per heavy atom. The van der Waals surface area contributed by atoms with Gasteiger partial charge in [-0.3, -0.25) is 49.7 Å². The van der Waals surface area contributed by atoms with Crippen LogP contribution < -0.4 is 5.73 Å². The largest absolute Gasteiger partial charge is 2.00 e. The number of halogens is 12. The fourth-order valence-corrected chi connectivity index (χ4v) is 6.10. The molecule has 398 valence electrons. The van der Waals surface area contributed by atoms with Crippen LogP contribution in [0.5, 0.6) is 0 Å². The molecule has 0 fully saturated rings. The van der Waals surface area contributed by atoms with Gasteiger partial charge in [-0.1, -0.05) is 36.4 Å². The molecule has 0 radical (unpaired) electrons. The summed E-state index contributed by atoms with van der Waals surface area (Å²) in [6, 6.07) is 43.6. The van der Waals surface area contributed by atoms with Crippen LogP contribution in [0.2, 0.25) is 0 Å². The summed E-state index contributed by atoms with van der Waals surface area (Å²) in [4.78, 5) is 39.6. The quantitative estimate of drug-likeness (QED) is 0.0633. The summed E-state index contributed by atoms with van der Waals surface area (Å²) in [7, 11) is -21.3. The second-order valence-electron chi connectivity index (χ2n) is 15.5. The monoisotopic (exact) mass is 1170 g/mol. The maximum Gasteiger partial charge on any atom is 2.00 e. The van der Waals surface area contributed by atoms with E-state index in [2.05, 4.69) is 86.9 Å². The van der Waals surface area contributed by atoms with Crippen molar-refractivity contribution in [1.29, 1.82) is 0 Å². The summed E-state index contributed by atoms with van der Waals surface area (Å²) in [5.74, 6) is 0. The molecule has 0 aromatic carbocycles. The molecule has 0 unspecified atom stereocenters. The van der Waals surface area contributed by atoms with E-state index in [1.54, 1.807) is 24.8 Å². The van der Waals surface area contributed by atoms with E-state index >= 15 is 0 Å². The average Bonchev–Trinajstić information content (AvgIpc) is 3.34. The molecule has 74 heavy (non-hydrogen) atoms. The zero-order valence-electron chi connectivity index (χ0n) is 39.1. The Balaban J connectivity index is 0.000000299. The normalized spacial score (nSPS) is 12.9. The molecule has 0 aliphatic carbocycles. The topological polar surface area (TPSA) is 136 Å². The van der Waals surface area contributed by atoms with Crippen LogP contribution in [-0.2, 0) is 39.1 Å². The minimum absolute atomic E-state index is 0. The standard InChI is InChI=1S/C28H33N7.2C10H8N2.2F6P.Ru/c1-23-8-13-32-27(18-23)28-19-24(9-14-33-28)20-34(15-10-29)16-17-35(21-25-6-2-4-11-30-25)22-26-7-3-5-12-31-26;2*1-3-7-11-9(5-1)10-6-2-4-8-12-10;2*1-7(2,3,4,5)6;/h2-9,11-14,18-19H,10,15-17,20-22,29H2,1H3;2*1-8H;;;/q;;;2*-1;+2. The summed E-state index contributed by atoms with van der Waals surface area (Å²) in [5.41, 5.74) is 15.9. The second kappa shape index (κ2) is 26.3. The van der Waals surface area contributed by atoms with E-state index in [0.29, 0.717) is 6.54 Å². The van der Waals surface area contributed by atoms with Gasteiger partial charge in [0.2, 0.25) is 0 Å². The van der Waals surface area contributed by atoms with E-state index in [0.717, 1.165) is 84.8 Å². The minimum Gasteiger partial charge on any atom is -0.255 e. The molecule has 0 aliphatic heterocycles. The zero-order chi connectivity index (χ0) is 53.6. The van der Waals surface area contributed by atoms with E-state index in [-0.39, 0.29) is 19.5 Å². The molecule has 0 aliphatic rings. The van der Waals surface area contributed by atoms with Crippen molar-refractivity contribution < 1.29 is 69.8 Å². The molecule has 0 saturated heterocycles. The number of hydrogen-bond donors (Lipinski definition) is 1. The van der Waals surface area contributed by atoms with E-state index in [1.807, 2.05) is 128 Å². The summed E-state index contributed by atoms with van der Waals surface area (Å²) >= 11 is 0. The molecule has 0 atom stereocenters. The maximum atomic E-state index is 9.87. The number of nitrogens with two attached hydrogens (primary N) is 1. The Morgan fingerprint density at radius 1 is 0.365 bits per heavy atom. The van der Waals surface area contributed by atoms with Crippen molar-refractivity contribution in [3.8, 4) is 34.2 Å². The van der Waals surface area contributed by atoms with Gasteiger partial charge < -0.3 is 5.73 Å². The Kier molecular flexibility index (Phi) is 22.0. The minimum atomic E-state index is -10.7. The van der Waals surface area contributed by atoms with Crippen molar-refractivity contribution in [3.63, 3.8) is 0 Å². The number of aromatic nitrogens is 8. The summed E-state index contributed by atoms with van der Waals surface area (Å²) < 4.78 is 118. The predicted octanol–water partition coefficient (Wildman–Crippen LogP) is 14.8. The smallest absolute Gasteiger partial charge is 0.255 e. The van der Waals surface area contributed by atoms with E-state index in [4.69, 9.17) is 5.73 Å². The first-order valence-corrected chi connectivity index (χ1v) is 25.7. The van der Waals surface area contributed by atoms with Crippen LogP contribution in [0.4, 0.5) is 50.4 Å². The number of hydrogen-bond acceptors (Lipinski definition) is 11. The molecule has 8 rings (SSSR count). The van der Waals surface area contributed by atoms with Crippen LogP contribution in [-0.4, -0.2) is 75.9 Å². The van der Waals surface area contributed by atoms with Gasteiger partial charge in [-0.25, -0.2) is 0 Å². The van der Waals surface area contributed by atoms with E-state index in [9.17, 15) is 50.4 Å². The van der Waals surface area contributed by atoms with Crippen LogP contribution in [0, 0.1) is 6.92 Å². The molecule has 11 nitrogen and oxygen atoms in total. The van der Waals surface area contributed by atoms with Crippen LogP contribution in [0.15, 0.2) is 183 Å². The number of nitrogens with zero attached hydrogens (tertiary/aromatic N) is 10. The van der Waals surface area contributed by atoms with Gasteiger partial charge in [-0.2, -0.15) is 0 Å². The van der Waals surface area contributed by atoms with Crippen molar-refractivity contribution >= 4 is 15.6 Å². The number of aryl methyl sites for hydroxylation is 1. The van der Waals surface area contributed by atoms with Crippen molar-refractivity contribution in [1.82, 2.24) is 49.7 Å². The molecule has 26 heteroatoms. The molecule has 0 amide bonds. The van der Waals surface area contributed by atoms with Crippen LogP contribution >= 0.6 is 15.6 Å². The molecule has 0 saturated carbocycles. The van der Waals surface area contributed by atoms with Crippen molar-refractivity contribution in [2.75, 3.05) is 26.2 Å². The fourth-order valence-electron chi connectivity index (χ4n) is 6.10. The Morgan fingerprint density at radius 3 is 1.01 bits per heavy atom. The van der Waals surface area contributed by atoms with Gasteiger partial charge in [-0.15, -0.1) is 0 Å². The molecule has 2 N–H and O–H groups in total. The van der Waals surface area contributed by atoms with E-state index in [1.165, 1.54) is 11.1 Å². The Hall–Kier alpha value is -6.28. The third-order valence-corrected chi connectivity index (χ3v) is 8.99. The van der Waals surface area contributed by atoms with Gasteiger partial charge in [0.05, 0.1) is 45.6 Å². The van der Waals surface area contributed by atoms with Gasteiger partial charge in [0.25, 0.3) is 0 Å². The molecular formula is C48H49F12N11P2Ru. The first kappa shape index (κ1) is 62.0. The first-order chi connectivity index (χ1) is 34.0. The number of rotatable bonds is 14. The van der Waals surface area contributed by atoms with Gasteiger partial charge in [0, 0.05) is 95.4 Å². The number of pyridine rings is 8. The van der Waals surface area contributed by atoms with Gasteiger partial charge in [-0.05, 0) is 115 Å². The Bertz CT molecular complexity index is 2610. The average molecular weight is 1170 g/mol. The zero-order valence-corrected chi connectivity index (χ0v) is 42.6. The molecule has 8 aromatic rings. The summed E-state index contributed by atoms with van der Waals surface area (Å²) in [5, 5.41) is 0. The van der Waals surface area contributed by atoms with Gasteiger partial charge in [0.15, 0.2) is 0 Å². The first-order valence-electron chi connectivity index (χ1n) is 21.6. The molecule has 0 spiro atoms. The third kappa shape index (κ3) is 31.3. The second-order valence-corrected chi connectivity index (χ2v) is 19.3. The SMILES string of the molecule is Cc1ccnc(-c2cc(CN(CCN)CCN(Cc3ccccn3)Cc3ccccn3)ccn2)c1.F[P-](F)(F)(F)(F)F.F[P-](F)(F)(F)(F)F.[Ru+2].c1ccc(-c2ccccn2)nc1.c1ccc(-c2ccccn2)nc1. The molecular weight excluding hydrogens is 1120 g/mol. The van der Waals surface area contributed by atoms with Crippen molar-refractivity contribution in [2.24, 2.45) is 5.73 Å². The van der Waals surface area contributed by atoms with Crippen LogP contribution in [0.25, 0.3) is 34.2 Å². The van der Waals surface area contributed by atoms with Gasteiger partial charge >= 0.3 is 85.5 Å². The summed E-state index contributed by atoms with van der Waals surface area (Å²) in [6.45, 7) is 7.61. The summed E-state index contributed by atoms with van der Waals surface area (Å²) in [6.07, 6.45) is 14.5. The van der Waals surface area contributed by atoms with Crippen molar-refractivity contribution in [2.45, 2.75) is 26.6 Å². The van der Waals surface area contributed by atoms with Gasteiger partial charge in [0.1, 0.15) is 0 Å².